The fourth-order valence-corrected chi connectivity index (χ4v) is 2.67. The Labute approximate surface area is 93.7 Å². The first kappa shape index (κ1) is 10.4. The number of alkyl halides is 1. The van der Waals surface area contributed by atoms with Crippen LogP contribution in [0.2, 0.25) is 0 Å². The Kier molecular flexibility index (Phi) is 2.82. The Bertz CT molecular complexity index is 297. The third-order valence-corrected chi connectivity index (χ3v) is 4.65. The second kappa shape index (κ2) is 3.80. The molecule has 1 aliphatic rings. The van der Waals surface area contributed by atoms with Crippen molar-refractivity contribution in [2.45, 2.75) is 38.2 Å². The van der Waals surface area contributed by atoms with Gasteiger partial charge in [-0.05, 0) is 11.8 Å². The second-order valence-electron chi connectivity index (χ2n) is 4.38. The van der Waals surface area contributed by atoms with Crippen LogP contribution in [-0.2, 0) is 6.54 Å². The lowest BCUT2D eigenvalue weighted by atomic mass is 9.67. The standard InChI is InChI=1S/C10H15ClN2S/c1-10(2)7(11)5-8(10)13-6-9-12-3-4-14-9/h3-4,7-8,13H,5-6H2,1-2H3. The predicted octanol–water partition coefficient (Wildman–Crippen LogP) is 2.64. The number of nitrogens with one attached hydrogen (secondary N) is 1. The van der Waals surface area contributed by atoms with Gasteiger partial charge in [-0.15, -0.1) is 22.9 Å². The molecule has 1 aromatic rings. The fourth-order valence-electron chi connectivity index (χ4n) is 1.77. The minimum Gasteiger partial charge on any atom is -0.307 e. The van der Waals surface area contributed by atoms with Gasteiger partial charge in [0.25, 0.3) is 0 Å². The van der Waals surface area contributed by atoms with E-state index in [2.05, 4.69) is 24.1 Å². The molecule has 0 aliphatic heterocycles. The average molecular weight is 231 g/mol. The van der Waals surface area contributed by atoms with Crippen LogP contribution in [0.3, 0.4) is 0 Å². The molecule has 0 amide bonds. The maximum Gasteiger partial charge on any atom is 0.106 e. The Morgan fingerprint density at radius 3 is 3.00 bits per heavy atom. The Morgan fingerprint density at radius 1 is 1.71 bits per heavy atom. The highest BCUT2D eigenvalue weighted by molar-refractivity contribution is 7.09. The van der Waals surface area contributed by atoms with Gasteiger partial charge in [0.15, 0.2) is 0 Å². The summed E-state index contributed by atoms with van der Waals surface area (Å²) >= 11 is 7.84. The SMILES string of the molecule is CC1(C)C(Cl)CC1NCc1nccs1. The van der Waals surface area contributed by atoms with Crippen LogP contribution < -0.4 is 5.32 Å². The molecule has 0 saturated heterocycles. The number of hydrogen-bond acceptors (Lipinski definition) is 3. The molecule has 1 aromatic heterocycles. The molecule has 1 saturated carbocycles. The molecule has 2 nitrogen and oxygen atoms in total. The van der Waals surface area contributed by atoms with E-state index in [4.69, 9.17) is 11.6 Å². The minimum absolute atomic E-state index is 0.221. The van der Waals surface area contributed by atoms with E-state index in [1.807, 2.05) is 11.6 Å². The summed E-state index contributed by atoms with van der Waals surface area (Å²) in [4.78, 5) is 4.24. The average Bonchev–Trinajstić information content (AvgIpc) is 2.64. The van der Waals surface area contributed by atoms with Crippen molar-refractivity contribution in [3.8, 4) is 0 Å². The summed E-state index contributed by atoms with van der Waals surface area (Å²) in [6.45, 7) is 5.30. The molecule has 14 heavy (non-hydrogen) atoms. The van der Waals surface area contributed by atoms with Crippen molar-refractivity contribution >= 4 is 22.9 Å². The Balaban J connectivity index is 1.83. The molecule has 0 aromatic carbocycles. The lowest BCUT2D eigenvalue weighted by molar-refractivity contribution is 0.115. The molecular weight excluding hydrogens is 216 g/mol. The van der Waals surface area contributed by atoms with E-state index in [0.29, 0.717) is 11.4 Å². The maximum absolute atomic E-state index is 6.14. The van der Waals surface area contributed by atoms with Crippen LogP contribution in [0.15, 0.2) is 11.6 Å². The van der Waals surface area contributed by atoms with E-state index in [-0.39, 0.29) is 5.41 Å². The zero-order valence-corrected chi connectivity index (χ0v) is 10.0. The van der Waals surface area contributed by atoms with E-state index >= 15 is 0 Å². The third-order valence-electron chi connectivity index (χ3n) is 3.13. The smallest absolute Gasteiger partial charge is 0.106 e. The fraction of sp³-hybridized carbons (Fsp3) is 0.700. The highest BCUT2D eigenvalue weighted by Gasteiger charge is 2.46. The largest absolute Gasteiger partial charge is 0.307 e. The molecule has 78 valence electrons. The van der Waals surface area contributed by atoms with Crippen molar-refractivity contribution < 1.29 is 0 Å². The summed E-state index contributed by atoms with van der Waals surface area (Å²) in [5.41, 5.74) is 0.221. The van der Waals surface area contributed by atoms with Gasteiger partial charge in [-0.3, -0.25) is 0 Å². The van der Waals surface area contributed by atoms with Crippen LogP contribution in [0.4, 0.5) is 0 Å². The molecule has 1 fully saturated rings. The van der Waals surface area contributed by atoms with Crippen molar-refractivity contribution in [1.29, 1.82) is 0 Å². The van der Waals surface area contributed by atoms with Gasteiger partial charge in [0.1, 0.15) is 5.01 Å². The van der Waals surface area contributed by atoms with Crippen LogP contribution >= 0.6 is 22.9 Å². The second-order valence-corrected chi connectivity index (χ2v) is 5.89. The van der Waals surface area contributed by atoms with Crippen LogP contribution in [0.5, 0.6) is 0 Å². The van der Waals surface area contributed by atoms with Crippen LogP contribution in [0, 0.1) is 5.41 Å². The number of thiazole rings is 1. The molecule has 2 atom stereocenters. The first-order chi connectivity index (χ1) is 6.60. The quantitative estimate of drug-likeness (QED) is 0.808. The summed E-state index contributed by atoms with van der Waals surface area (Å²) in [6.07, 6.45) is 2.91. The molecule has 2 rings (SSSR count). The summed E-state index contributed by atoms with van der Waals surface area (Å²) < 4.78 is 0. The van der Waals surface area contributed by atoms with Crippen LogP contribution in [0.1, 0.15) is 25.3 Å². The van der Waals surface area contributed by atoms with E-state index < -0.39 is 0 Å². The maximum atomic E-state index is 6.14. The van der Waals surface area contributed by atoms with Crippen LogP contribution in [-0.4, -0.2) is 16.4 Å². The Hall–Kier alpha value is -0.120. The normalized spacial score (nSPS) is 29.9. The zero-order valence-electron chi connectivity index (χ0n) is 8.46. The zero-order chi connectivity index (χ0) is 10.2. The van der Waals surface area contributed by atoms with Crippen molar-refractivity contribution in [2.24, 2.45) is 5.41 Å². The van der Waals surface area contributed by atoms with Gasteiger partial charge in [0.05, 0.1) is 0 Å². The van der Waals surface area contributed by atoms with E-state index in [9.17, 15) is 0 Å². The van der Waals surface area contributed by atoms with Crippen LogP contribution in [0.25, 0.3) is 0 Å². The highest BCUT2D eigenvalue weighted by atomic mass is 35.5. The van der Waals surface area contributed by atoms with Gasteiger partial charge in [-0.25, -0.2) is 4.98 Å². The van der Waals surface area contributed by atoms with Gasteiger partial charge in [-0.2, -0.15) is 0 Å². The molecule has 0 spiro atoms. The lowest BCUT2D eigenvalue weighted by Crippen LogP contribution is -2.57. The van der Waals surface area contributed by atoms with Gasteiger partial charge < -0.3 is 5.32 Å². The van der Waals surface area contributed by atoms with Crippen molar-refractivity contribution in [3.63, 3.8) is 0 Å². The number of rotatable bonds is 3. The molecule has 1 N–H and O–H groups in total. The van der Waals surface area contributed by atoms with Crippen molar-refractivity contribution in [3.05, 3.63) is 16.6 Å². The highest BCUT2D eigenvalue weighted by Crippen LogP contribution is 2.44. The summed E-state index contributed by atoms with van der Waals surface area (Å²) in [5.74, 6) is 0. The summed E-state index contributed by atoms with van der Waals surface area (Å²) in [7, 11) is 0. The lowest BCUT2D eigenvalue weighted by Gasteiger charge is -2.49. The Morgan fingerprint density at radius 2 is 2.50 bits per heavy atom. The first-order valence-corrected chi connectivity index (χ1v) is 6.18. The molecule has 2 unspecified atom stereocenters. The molecule has 1 heterocycles. The van der Waals surface area contributed by atoms with Gasteiger partial charge in [-0.1, -0.05) is 13.8 Å². The first-order valence-electron chi connectivity index (χ1n) is 4.86. The van der Waals surface area contributed by atoms with Gasteiger partial charge in [0, 0.05) is 29.5 Å². The van der Waals surface area contributed by atoms with E-state index in [0.717, 1.165) is 18.0 Å². The van der Waals surface area contributed by atoms with Crippen molar-refractivity contribution in [2.75, 3.05) is 0 Å². The monoisotopic (exact) mass is 230 g/mol. The van der Waals surface area contributed by atoms with E-state index in [1.165, 1.54) is 0 Å². The predicted molar refractivity (Wildman–Crippen MR) is 60.8 cm³/mol. The molecule has 1 aliphatic carbocycles. The molecule has 0 bridgehead atoms. The van der Waals surface area contributed by atoms with Gasteiger partial charge in [0.2, 0.25) is 0 Å². The van der Waals surface area contributed by atoms with Crippen molar-refractivity contribution in [1.82, 2.24) is 10.3 Å². The number of halogens is 1. The number of hydrogen-bond donors (Lipinski definition) is 1. The number of nitrogens with zero attached hydrogens (tertiary/aromatic N) is 1. The third kappa shape index (κ3) is 1.81. The minimum atomic E-state index is 0.221. The topological polar surface area (TPSA) is 24.9 Å². The molecule has 0 radical (unpaired) electrons. The summed E-state index contributed by atoms with van der Waals surface area (Å²) in [6, 6.07) is 0.536. The molecule has 4 heteroatoms. The molecular formula is C10H15ClN2S. The summed E-state index contributed by atoms with van der Waals surface area (Å²) in [5, 5.41) is 6.98. The number of aromatic nitrogens is 1. The van der Waals surface area contributed by atoms with E-state index in [1.54, 1.807) is 11.3 Å². The van der Waals surface area contributed by atoms with Gasteiger partial charge >= 0.3 is 0 Å².